The Labute approximate surface area is 126 Å². The number of carbonyl (C=O) groups is 2. The van der Waals surface area contributed by atoms with Gasteiger partial charge in [-0.2, -0.15) is 0 Å². The third kappa shape index (κ3) is 4.33. The summed E-state index contributed by atoms with van der Waals surface area (Å²) in [5, 5.41) is 11.7. The van der Waals surface area contributed by atoms with E-state index in [9.17, 15) is 9.59 Å². The molecule has 0 saturated carbocycles. The van der Waals surface area contributed by atoms with Crippen LogP contribution in [0.3, 0.4) is 0 Å². The number of nitrogens with one attached hydrogen (secondary N) is 1. The van der Waals surface area contributed by atoms with E-state index in [0.29, 0.717) is 25.0 Å². The molecule has 2 fully saturated rings. The number of hydrogen-bond donors (Lipinski definition) is 2. The van der Waals surface area contributed by atoms with Crippen molar-refractivity contribution in [3.05, 3.63) is 0 Å². The van der Waals surface area contributed by atoms with Gasteiger partial charge in [0.2, 0.25) is 0 Å². The Morgan fingerprint density at radius 2 is 1.90 bits per heavy atom. The predicted molar refractivity (Wildman–Crippen MR) is 80.2 cm³/mol. The number of nitrogens with zero attached hydrogens (tertiary/aromatic N) is 2. The Kier molecular flexibility index (Phi) is 5.45. The van der Waals surface area contributed by atoms with Gasteiger partial charge in [-0.25, -0.2) is 4.79 Å². The number of carboxylic acids is 1. The summed E-state index contributed by atoms with van der Waals surface area (Å²) in [6.07, 6.45) is 6.42. The van der Waals surface area contributed by atoms with Crippen LogP contribution in [0, 0.1) is 0 Å². The first-order valence-electron chi connectivity index (χ1n) is 7.92. The van der Waals surface area contributed by atoms with Crippen molar-refractivity contribution in [3.63, 3.8) is 0 Å². The summed E-state index contributed by atoms with van der Waals surface area (Å²) in [5.74, 6) is -0.813. The van der Waals surface area contributed by atoms with Gasteiger partial charge in [-0.05, 0) is 39.2 Å². The van der Waals surface area contributed by atoms with Gasteiger partial charge in [0.1, 0.15) is 0 Å². The van der Waals surface area contributed by atoms with Crippen molar-refractivity contribution in [3.8, 4) is 0 Å². The van der Waals surface area contributed by atoms with Crippen LogP contribution < -0.4 is 5.32 Å². The number of carbonyl (C=O) groups excluding carboxylic acids is 1. The molecule has 2 heterocycles. The first-order chi connectivity index (χ1) is 9.97. The van der Waals surface area contributed by atoms with Gasteiger partial charge in [-0.15, -0.1) is 0 Å². The number of fused-ring (bicyclic) bond motifs is 2. The number of urea groups is 1. The van der Waals surface area contributed by atoms with E-state index in [-0.39, 0.29) is 18.5 Å². The number of carboxylic acid groups (broad SMARTS) is 1. The zero-order valence-corrected chi connectivity index (χ0v) is 13.0. The zero-order valence-electron chi connectivity index (χ0n) is 13.0. The Balaban J connectivity index is 1.76. The van der Waals surface area contributed by atoms with Crippen LogP contribution in [0.1, 0.15) is 44.9 Å². The molecule has 0 radical (unpaired) electrons. The summed E-state index contributed by atoms with van der Waals surface area (Å²) in [4.78, 5) is 26.7. The molecule has 2 aliphatic heterocycles. The van der Waals surface area contributed by atoms with Gasteiger partial charge < -0.3 is 20.2 Å². The Morgan fingerprint density at radius 3 is 2.48 bits per heavy atom. The number of aliphatic carboxylic acids is 1. The van der Waals surface area contributed by atoms with Gasteiger partial charge in [0.15, 0.2) is 0 Å². The summed E-state index contributed by atoms with van der Waals surface area (Å²) in [5.41, 5.74) is 0. The lowest BCUT2D eigenvalue weighted by Gasteiger charge is -2.47. The van der Waals surface area contributed by atoms with Crippen LogP contribution in [-0.2, 0) is 4.79 Å². The fraction of sp³-hybridized carbons (Fsp3) is 0.867. The van der Waals surface area contributed by atoms with E-state index in [0.717, 1.165) is 12.8 Å². The molecular formula is C15H27N3O3. The highest BCUT2D eigenvalue weighted by Gasteiger charge is 2.36. The lowest BCUT2D eigenvalue weighted by molar-refractivity contribution is -0.137. The molecule has 0 aromatic carbocycles. The second-order valence-electron chi connectivity index (χ2n) is 6.44. The Morgan fingerprint density at radius 1 is 1.29 bits per heavy atom. The highest BCUT2D eigenvalue weighted by Crippen LogP contribution is 2.32. The normalized spacial score (nSPS) is 29.0. The highest BCUT2D eigenvalue weighted by molar-refractivity contribution is 5.74. The lowest BCUT2D eigenvalue weighted by atomic mass is 9.82. The van der Waals surface area contributed by atoms with E-state index in [1.54, 1.807) is 11.9 Å². The van der Waals surface area contributed by atoms with Crippen LogP contribution in [-0.4, -0.2) is 65.7 Å². The third-order valence-electron chi connectivity index (χ3n) is 4.90. The molecule has 2 rings (SSSR count). The monoisotopic (exact) mass is 297 g/mol. The topological polar surface area (TPSA) is 72.9 Å². The van der Waals surface area contributed by atoms with Crippen molar-refractivity contribution in [2.45, 2.75) is 63.1 Å². The molecule has 6 nitrogen and oxygen atoms in total. The number of amides is 2. The van der Waals surface area contributed by atoms with Gasteiger partial charge in [-0.3, -0.25) is 4.79 Å². The smallest absolute Gasteiger partial charge is 0.317 e. The van der Waals surface area contributed by atoms with Crippen molar-refractivity contribution in [2.75, 3.05) is 20.6 Å². The van der Waals surface area contributed by atoms with E-state index >= 15 is 0 Å². The summed E-state index contributed by atoms with van der Waals surface area (Å²) in [6.45, 7) is 0.484. The first kappa shape index (κ1) is 16.1. The third-order valence-corrected chi connectivity index (χ3v) is 4.90. The number of hydrogen-bond acceptors (Lipinski definition) is 3. The van der Waals surface area contributed by atoms with Gasteiger partial charge in [-0.1, -0.05) is 6.42 Å². The fourth-order valence-corrected chi connectivity index (χ4v) is 3.59. The number of rotatable bonds is 5. The second kappa shape index (κ2) is 7.11. The van der Waals surface area contributed by atoms with E-state index in [1.807, 2.05) is 0 Å². The molecule has 0 aliphatic carbocycles. The maximum absolute atomic E-state index is 12.1. The molecule has 2 bridgehead atoms. The van der Waals surface area contributed by atoms with Crippen LogP contribution in [0.5, 0.6) is 0 Å². The lowest BCUT2D eigenvalue weighted by Crippen LogP contribution is -2.56. The molecule has 2 N–H and O–H groups in total. The first-order valence-corrected chi connectivity index (χ1v) is 7.92. The largest absolute Gasteiger partial charge is 0.481 e. The van der Waals surface area contributed by atoms with E-state index < -0.39 is 5.97 Å². The summed E-state index contributed by atoms with van der Waals surface area (Å²) >= 11 is 0. The maximum atomic E-state index is 12.1. The fourth-order valence-electron chi connectivity index (χ4n) is 3.59. The van der Waals surface area contributed by atoms with Gasteiger partial charge >= 0.3 is 12.0 Å². The van der Waals surface area contributed by atoms with Crippen LogP contribution in [0.15, 0.2) is 0 Å². The molecule has 6 heteroatoms. The molecule has 2 amide bonds. The summed E-state index contributed by atoms with van der Waals surface area (Å²) in [7, 11) is 3.93. The average molecular weight is 297 g/mol. The molecule has 2 aliphatic rings. The van der Waals surface area contributed by atoms with E-state index in [4.69, 9.17) is 5.11 Å². The minimum atomic E-state index is -0.813. The van der Waals surface area contributed by atoms with Crippen LogP contribution in [0.2, 0.25) is 0 Å². The van der Waals surface area contributed by atoms with E-state index in [1.165, 1.54) is 19.3 Å². The summed E-state index contributed by atoms with van der Waals surface area (Å²) < 4.78 is 0. The van der Waals surface area contributed by atoms with Crippen molar-refractivity contribution in [2.24, 2.45) is 0 Å². The molecular weight excluding hydrogens is 270 g/mol. The standard InChI is InChI=1S/C15H27N3O3/c1-17(8-4-7-14(19)20)15(21)16-11-9-12-5-3-6-13(10-11)18(12)2/h11-13H,3-10H2,1-2H3,(H,16,21)(H,19,20). The minimum absolute atomic E-state index is 0.0759. The Bertz CT molecular complexity index is 374. The molecule has 0 aromatic rings. The van der Waals surface area contributed by atoms with Gasteiger partial charge in [0.05, 0.1) is 0 Å². The van der Waals surface area contributed by atoms with Crippen molar-refractivity contribution in [1.29, 1.82) is 0 Å². The van der Waals surface area contributed by atoms with Gasteiger partial charge in [0.25, 0.3) is 0 Å². The summed E-state index contributed by atoms with van der Waals surface area (Å²) in [6, 6.07) is 1.37. The molecule has 0 aromatic heterocycles. The SMILES string of the molecule is CN(CCCC(=O)O)C(=O)NC1CC2CCCC(C1)N2C. The van der Waals surface area contributed by atoms with Crippen molar-refractivity contribution < 1.29 is 14.7 Å². The van der Waals surface area contributed by atoms with Crippen LogP contribution >= 0.6 is 0 Å². The van der Waals surface area contributed by atoms with Crippen molar-refractivity contribution >= 4 is 12.0 Å². The maximum Gasteiger partial charge on any atom is 0.317 e. The zero-order chi connectivity index (χ0) is 15.4. The average Bonchev–Trinajstić information content (AvgIpc) is 2.39. The van der Waals surface area contributed by atoms with Crippen molar-refractivity contribution in [1.82, 2.24) is 15.1 Å². The second-order valence-corrected chi connectivity index (χ2v) is 6.44. The Hall–Kier alpha value is -1.30. The predicted octanol–water partition coefficient (Wildman–Crippen LogP) is 1.51. The number of piperidine rings is 2. The highest BCUT2D eigenvalue weighted by atomic mass is 16.4. The molecule has 21 heavy (non-hydrogen) atoms. The van der Waals surface area contributed by atoms with E-state index in [2.05, 4.69) is 17.3 Å². The minimum Gasteiger partial charge on any atom is -0.481 e. The van der Waals surface area contributed by atoms with Crippen LogP contribution in [0.25, 0.3) is 0 Å². The molecule has 120 valence electrons. The molecule has 2 saturated heterocycles. The molecule has 0 spiro atoms. The molecule has 2 unspecified atom stereocenters. The quantitative estimate of drug-likeness (QED) is 0.807. The van der Waals surface area contributed by atoms with Gasteiger partial charge in [0, 0.05) is 38.1 Å². The molecule has 2 atom stereocenters. The van der Waals surface area contributed by atoms with Crippen LogP contribution in [0.4, 0.5) is 4.79 Å².